The van der Waals surface area contributed by atoms with Gasteiger partial charge in [-0.15, -0.1) is 0 Å². The number of aliphatic hydroxyl groups is 6. The van der Waals surface area contributed by atoms with Crippen molar-refractivity contribution >= 4 is 0 Å². The molecule has 0 radical (unpaired) electrons. The number of hydrogen-bond acceptors (Lipinski definition) is 11. The van der Waals surface area contributed by atoms with Crippen LogP contribution in [0.3, 0.4) is 0 Å². The van der Waals surface area contributed by atoms with Crippen molar-refractivity contribution in [3.05, 3.63) is 23.8 Å². The van der Waals surface area contributed by atoms with Gasteiger partial charge in [0.05, 0.1) is 19.8 Å². The van der Waals surface area contributed by atoms with Crippen LogP contribution in [-0.4, -0.2) is 104 Å². The molecule has 8 atom stereocenters. The maximum Gasteiger partial charge on any atom is 0.229 e. The van der Waals surface area contributed by atoms with Gasteiger partial charge in [0.2, 0.25) is 6.29 Å². The van der Waals surface area contributed by atoms with Crippen LogP contribution in [0.25, 0.3) is 0 Å². The van der Waals surface area contributed by atoms with Crippen molar-refractivity contribution in [2.75, 3.05) is 19.8 Å². The number of phenols is 1. The standard InChI is InChI=1S/C18H26O11/c1-8-2-9(20)4-10(3-8)28-16-14(23)13(22)12(21)11(29-16)5-26-17-15(24)18(25,6-19)7-27-17/h2-4,11-17,19-25H,5-7H2,1H3/t11-,12-,13+,14-,15+,16-,17-,18-/m1/s1. The number of aromatic hydroxyl groups is 1. The predicted octanol–water partition coefficient (Wildman–Crippen LogP) is -2.66. The summed E-state index contributed by atoms with van der Waals surface area (Å²) in [4.78, 5) is 0. The Kier molecular flexibility index (Phi) is 6.63. The zero-order valence-corrected chi connectivity index (χ0v) is 15.7. The van der Waals surface area contributed by atoms with Gasteiger partial charge in [0.15, 0.2) is 6.29 Å². The summed E-state index contributed by atoms with van der Waals surface area (Å²) in [6, 6.07) is 4.38. The first kappa shape index (κ1) is 22.2. The van der Waals surface area contributed by atoms with Crippen LogP contribution in [0.15, 0.2) is 18.2 Å². The number of phenolic OH excluding ortho intramolecular Hbond substituents is 1. The third-order valence-corrected chi connectivity index (χ3v) is 4.96. The molecule has 2 aliphatic heterocycles. The van der Waals surface area contributed by atoms with E-state index in [1.807, 2.05) is 0 Å². The Morgan fingerprint density at radius 3 is 2.41 bits per heavy atom. The lowest BCUT2D eigenvalue weighted by atomic mass is 9.99. The van der Waals surface area contributed by atoms with Crippen LogP contribution < -0.4 is 4.74 Å². The number of aliphatic hydroxyl groups excluding tert-OH is 5. The first-order valence-corrected chi connectivity index (χ1v) is 9.06. The molecule has 1 aromatic rings. The molecule has 0 saturated carbocycles. The molecule has 0 spiro atoms. The Morgan fingerprint density at radius 1 is 1.07 bits per heavy atom. The normalized spacial score (nSPS) is 40.2. The average molecular weight is 418 g/mol. The highest BCUT2D eigenvalue weighted by atomic mass is 16.7. The number of rotatable bonds is 6. The highest BCUT2D eigenvalue weighted by Crippen LogP contribution is 2.29. The number of ether oxygens (including phenoxy) is 4. The maximum absolute atomic E-state index is 10.2. The second-order valence-corrected chi connectivity index (χ2v) is 7.36. The van der Waals surface area contributed by atoms with E-state index in [2.05, 4.69) is 0 Å². The summed E-state index contributed by atoms with van der Waals surface area (Å²) in [7, 11) is 0. The van der Waals surface area contributed by atoms with E-state index in [4.69, 9.17) is 24.1 Å². The topological polar surface area (TPSA) is 179 Å². The molecule has 0 bridgehead atoms. The van der Waals surface area contributed by atoms with Crippen LogP contribution in [0.2, 0.25) is 0 Å². The van der Waals surface area contributed by atoms with E-state index in [0.29, 0.717) is 5.56 Å². The molecule has 0 amide bonds. The molecular weight excluding hydrogens is 392 g/mol. The Hall–Kier alpha value is -1.54. The third-order valence-electron chi connectivity index (χ3n) is 4.96. The number of aryl methyl sites for hydroxylation is 1. The summed E-state index contributed by atoms with van der Waals surface area (Å²) in [5, 5.41) is 69.2. The molecule has 2 heterocycles. The lowest BCUT2D eigenvalue weighted by molar-refractivity contribution is -0.289. The van der Waals surface area contributed by atoms with Crippen molar-refractivity contribution in [2.45, 2.75) is 55.6 Å². The second kappa shape index (κ2) is 8.68. The second-order valence-electron chi connectivity index (χ2n) is 7.36. The minimum absolute atomic E-state index is 0.0606. The third kappa shape index (κ3) is 4.63. The van der Waals surface area contributed by atoms with E-state index in [1.165, 1.54) is 12.1 Å². The number of benzene rings is 1. The molecule has 7 N–H and O–H groups in total. The average Bonchev–Trinajstić information content (AvgIpc) is 2.95. The quantitative estimate of drug-likeness (QED) is 0.256. The summed E-state index contributed by atoms with van der Waals surface area (Å²) < 4.78 is 21.4. The predicted molar refractivity (Wildman–Crippen MR) is 93.9 cm³/mol. The lowest BCUT2D eigenvalue weighted by Crippen LogP contribution is -2.60. The van der Waals surface area contributed by atoms with E-state index in [-0.39, 0.29) is 24.7 Å². The fourth-order valence-electron chi connectivity index (χ4n) is 3.21. The Morgan fingerprint density at radius 2 is 1.79 bits per heavy atom. The molecule has 2 fully saturated rings. The van der Waals surface area contributed by atoms with Gasteiger partial charge in [-0.2, -0.15) is 0 Å². The Labute approximate surface area is 166 Å². The largest absolute Gasteiger partial charge is 0.508 e. The zero-order chi connectivity index (χ0) is 21.3. The van der Waals surface area contributed by atoms with E-state index >= 15 is 0 Å². The molecule has 11 heteroatoms. The highest BCUT2D eigenvalue weighted by molar-refractivity contribution is 5.37. The first-order chi connectivity index (χ1) is 13.6. The van der Waals surface area contributed by atoms with E-state index < -0.39 is 55.3 Å². The summed E-state index contributed by atoms with van der Waals surface area (Å²) in [5.74, 6) is 0.117. The lowest BCUT2D eigenvalue weighted by Gasteiger charge is -2.40. The van der Waals surface area contributed by atoms with Gasteiger partial charge in [0.25, 0.3) is 0 Å². The van der Waals surface area contributed by atoms with Gasteiger partial charge in [0.1, 0.15) is 47.6 Å². The van der Waals surface area contributed by atoms with E-state index in [1.54, 1.807) is 13.0 Å². The molecule has 0 aromatic heterocycles. The molecular formula is C18H26O11. The van der Waals surface area contributed by atoms with Gasteiger partial charge in [-0.05, 0) is 24.6 Å². The van der Waals surface area contributed by atoms with Gasteiger partial charge in [-0.3, -0.25) is 0 Å². The minimum Gasteiger partial charge on any atom is -0.508 e. The summed E-state index contributed by atoms with van der Waals surface area (Å²) >= 11 is 0. The van der Waals surface area contributed by atoms with Crippen molar-refractivity contribution in [2.24, 2.45) is 0 Å². The Balaban J connectivity index is 1.64. The summed E-state index contributed by atoms with van der Waals surface area (Å²) in [5.41, 5.74) is -1.18. The fourth-order valence-corrected chi connectivity index (χ4v) is 3.21. The van der Waals surface area contributed by atoms with Crippen molar-refractivity contribution in [3.8, 4) is 11.5 Å². The summed E-state index contributed by atoms with van der Waals surface area (Å²) in [6.45, 7) is 0.252. The first-order valence-electron chi connectivity index (χ1n) is 9.06. The molecule has 29 heavy (non-hydrogen) atoms. The van der Waals surface area contributed by atoms with Gasteiger partial charge < -0.3 is 54.7 Å². The van der Waals surface area contributed by atoms with Crippen LogP contribution in [0, 0.1) is 6.92 Å². The molecule has 0 unspecified atom stereocenters. The monoisotopic (exact) mass is 418 g/mol. The molecule has 1 aromatic carbocycles. The van der Waals surface area contributed by atoms with Crippen LogP contribution in [0.4, 0.5) is 0 Å². The van der Waals surface area contributed by atoms with Gasteiger partial charge in [0, 0.05) is 6.07 Å². The van der Waals surface area contributed by atoms with Crippen LogP contribution in [0.1, 0.15) is 5.56 Å². The van der Waals surface area contributed by atoms with Crippen molar-refractivity contribution < 1.29 is 54.7 Å². The molecule has 11 nitrogen and oxygen atoms in total. The van der Waals surface area contributed by atoms with Crippen molar-refractivity contribution in [1.82, 2.24) is 0 Å². The summed E-state index contributed by atoms with van der Waals surface area (Å²) in [6.07, 6.45) is -10.1. The van der Waals surface area contributed by atoms with Gasteiger partial charge >= 0.3 is 0 Å². The van der Waals surface area contributed by atoms with Gasteiger partial charge in [-0.1, -0.05) is 0 Å². The smallest absolute Gasteiger partial charge is 0.229 e. The van der Waals surface area contributed by atoms with Crippen LogP contribution in [0.5, 0.6) is 11.5 Å². The molecule has 3 rings (SSSR count). The van der Waals surface area contributed by atoms with Crippen LogP contribution in [-0.2, 0) is 14.2 Å². The molecule has 0 aliphatic carbocycles. The molecule has 2 aliphatic rings. The van der Waals surface area contributed by atoms with E-state index in [0.717, 1.165) is 0 Å². The number of hydrogen-bond donors (Lipinski definition) is 7. The minimum atomic E-state index is -1.87. The van der Waals surface area contributed by atoms with Crippen molar-refractivity contribution in [3.63, 3.8) is 0 Å². The SMILES string of the molecule is Cc1cc(O)cc(O[C@@H]2O[C@H](CO[C@@H]3OC[C@](O)(CO)[C@H]3O)[C@@H](O)[C@H](O)[C@H]2O)c1. The molecule has 2 saturated heterocycles. The van der Waals surface area contributed by atoms with Crippen molar-refractivity contribution in [1.29, 1.82) is 0 Å². The fraction of sp³-hybridized carbons (Fsp3) is 0.667. The zero-order valence-electron chi connectivity index (χ0n) is 15.7. The Bertz CT molecular complexity index is 680. The maximum atomic E-state index is 10.2. The van der Waals surface area contributed by atoms with Gasteiger partial charge in [-0.25, -0.2) is 0 Å². The van der Waals surface area contributed by atoms with E-state index in [9.17, 15) is 30.6 Å². The van der Waals surface area contributed by atoms with Crippen LogP contribution >= 0.6 is 0 Å². The molecule has 164 valence electrons. The highest BCUT2D eigenvalue weighted by Gasteiger charge is 2.50.